The van der Waals surface area contributed by atoms with E-state index in [0.29, 0.717) is 17.2 Å². The number of benzene rings is 2. The van der Waals surface area contributed by atoms with E-state index in [1.165, 1.54) is 24.3 Å². The number of amides is 1. The van der Waals surface area contributed by atoms with Gasteiger partial charge in [0.25, 0.3) is 0 Å². The molecule has 1 heterocycles. The predicted molar refractivity (Wildman–Crippen MR) is 114 cm³/mol. The van der Waals surface area contributed by atoms with Crippen molar-refractivity contribution in [2.24, 2.45) is 5.92 Å². The summed E-state index contributed by atoms with van der Waals surface area (Å²) in [5, 5.41) is 6.90. The number of pyridine rings is 1. The van der Waals surface area contributed by atoms with Gasteiger partial charge in [-0.05, 0) is 60.0 Å². The minimum atomic E-state index is -4.38. The molecule has 0 atom stereocenters. The average molecular weight is 413 g/mol. The monoisotopic (exact) mass is 413 g/mol. The molecule has 0 spiro atoms. The van der Waals surface area contributed by atoms with Gasteiger partial charge in [-0.25, -0.2) is 4.98 Å². The highest BCUT2D eigenvalue weighted by Crippen LogP contribution is 2.29. The molecule has 0 aliphatic heterocycles. The predicted octanol–water partition coefficient (Wildman–Crippen LogP) is 5.97. The van der Waals surface area contributed by atoms with E-state index in [1.807, 2.05) is 24.3 Å². The Balaban J connectivity index is 1.64. The van der Waals surface area contributed by atoms with Gasteiger partial charge in [-0.15, -0.1) is 0 Å². The molecular weight excluding hydrogens is 391 g/mol. The number of aromatic nitrogens is 1. The van der Waals surface area contributed by atoms with Crippen LogP contribution in [0.5, 0.6) is 0 Å². The van der Waals surface area contributed by atoms with Gasteiger partial charge in [0.2, 0.25) is 5.91 Å². The van der Waals surface area contributed by atoms with Crippen LogP contribution < -0.4 is 10.6 Å². The zero-order valence-corrected chi connectivity index (χ0v) is 16.6. The Kier molecular flexibility index (Phi) is 6.40. The summed E-state index contributed by atoms with van der Waals surface area (Å²) < 4.78 is 37.8. The van der Waals surface area contributed by atoms with E-state index in [1.54, 1.807) is 6.07 Å². The van der Waals surface area contributed by atoms with Crippen LogP contribution in [0.1, 0.15) is 25.0 Å². The molecule has 0 aliphatic rings. The van der Waals surface area contributed by atoms with E-state index in [4.69, 9.17) is 0 Å². The van der Waals surface area contributed by atoms with Crippen LogP contribution >= 0.6 is 0 Å². The van der Waals surface area contributed by atoms with Crippen molar-refractivity contribution in [3.8, 4) is 0 Å². The van der Waals surface area contributed by atoms with Crippen molar-refractivity contribution < 1.29 is 18.0 Å². The van der Waals surface area contributed by atoms with Gasteiger partial charge in [0.05, 0.1) is 11.1 Å². The Bertz CT molecular complexity index is 1060. The van der Waals surface area contributed by atoms with E-state index in [-0.39, 0.29) is 5.91 Å². The molecule has 7 heteroatoms. The molecule has 0 saturated carbocycles. The number of hydrogen-bond acceptors (Lipinski definition) is 3. The first-order chi connectivity index (χ1) is 14.2. The molecular formula is C23H22F3N3O. The van der Waals surface area contributed by atoms with E-state index in [2.05, 4.69) is 29.5 Å². The van der Waals surface area contributed by atoms with Crippen molar-refractivity contribution in [2.45, 2.75) is 20.0 Å². The second-order valence-corrected chi connectivity index (χ2v) is 7.32. The van der Waals surface area contributed by atoms with E-state index >= 15 is 0 Å². The number of halogens is 3. The number of fused-ring (bicyclic) bond motifs is 1. The number of hydrogen-bond donors (Lipinski definition) is 2. The fraction of sp³-hybridized carbons (Fsp3) is 0.217. The minimum Gasteiger partial charge on any atom is -0.370 e. The van der Waals surface area contributed by atoms with E-state index < -0.39 is 11.7 Å². The molecule has 156 valence electrons. The average Bonchev–Trinajstić information content (AvgIpc) is 2.70. The molecule has 0 radical (unpaired) electrons. The topological polar surface area (TPSA) is 54.0 Å². The van der Waals surface area contributed by atoms with Gasteiger partial charge in [-0.2, -0.15) is 13.2 Å². The van der Waals surface area contributed by atoms with Crippen LogP contribution in [0.25, 0.3) is 17.0 Å². The van der Waals surface area contributed by atoms with Crippen LogP contribution in [0, 0.1) is 5.92 Å². The van der Waals surface area contributed by atoms with Crippen LogP contribution in [-0.4, -0.2) is 17.4 Å². The summed E-state index contributed by atoms with van der Waals surface area (Å²) in [6.45, 7) is 5.07. The normalized spacial score (nSPS) is 11.9. The summed E-state index contributed by atoms with van der Waals surface area (Å²) in [4.78, 5) is 16.7. The standard InChI is InChI=1S/C23H22F3N3O/c1-15(2)14-27-21-11-6-17-13-19(9-10-20(17)29-21)28-22(30)12-5-16-3-7-18(8-4-16)23(24,25)26/h3-13,15H,14H2,1-2H3,(H,27,29)(H,28,30)/b12-5+. The SMILES string of the molecule is CC(C)CNc1ccc2cc(NC(=O)/C=C/c3ccc(C(F)(F)F)cc3)ccc2n1. The third-order valence-electron chi connectivity index (χ3n) is 4.31. The minimum absolute atomic E-state index is 0.377. The van der Waals surface area contributed by atoms with Gasteiger partial charge in [-0.3, -0.25) is 4.79 Å². The van der Waals surface area contributed by atoms with Crippen LogP contribution in [0.3, 0.4) is 0 Å². The van der Waals surface area contributed by atoms with Gasteiger partial charge >= 0.3 is 6.18 Å². The van der Waals surface area contributed by atoms with Crippen molar-refractivity contribution in [1.29, 1.82) is 0 Å². The van der Waals surface area contributed by atoms with Gasteiger partial charge in [-0.1, -0.05) is 26.0 Å². The summed E-state index contributed by atoms with van der Waals surface area (Å²) in [6, 6.07) is 13.8. The molecule has 2 aromatic carbocycles. The lowest BCUT2D eigenvalue weighted by Gasteiger charge is -2.09. The quantitative estimate of drug-likeness (QED) is 0.489. The first-order valence-corrected chi connectivity index (χ1v) is 9.52. The van der Waals surface area contributed by atoms with Crippen LogP contribution in [-0.2, 0) is 11.0 Å². The van der Waals surface area contributed by atoms with E-state index in [0.717, 1.165) is 35.4 Å². The fourth-order valence-electron chi connectivity index (χ4n) is 2.75. The van der Waals surface area contributed by atoms with E-state index in [9.17, 15) is 18.0 Å². The number of alkyl halides is 3. The third-order valence-corrected chi connectivity index (χ3v) is 4.31. The Morgan fingerprint density at radius 2 is 1.80 bits per heavy atom. The summed E-state index contributed by atoms with van der Waals surface area (Å²) in [7, 11) is 0. The number of rotatable bonds is 6. The van der Waals surface area contributed by atoms with Crippen molar-refractivity contribution >= 4 is 34.4 Å². The summed E-state index contributed by atoms with van der Waals surface area (Å²) in [5.74, 6) is 0.931. The zero-order valence-electron chi connectivity index (χ0n) is 16.6. The molecule has 4 nitrogen and oxygen atoms in total. The molecule has 0 fully saturated rings. The number of anilines is 2. The molecule has 30 heavy (non-hydrogen) atoms. The zero-order chi connectivity index (χ0) is 21.7. The van der Waals surface area contributed by atoms with Crippen LogP contribution in [0.4, 0.5) is 24.7 Å². The maximum absolute atomic E-state index is 12.6. The maximum Gasteiger partial charge on any atom is 0.416 e. The molecule has 1 aromatic heterocycles. The smallest absolute Gasteiger partial charge is 0.370 e. The van der Waals surface area contributed by atoms with Crippen LogP contribution in [0.2, 0.25) is 0 Å². The van der Waals surface area contributed by atoms with Crippen LogP contribution in [0.15, 0.2) is 60.7 Å². The number of carbonyl (C=O) groups is 1. The summed E-state index contributed by atoms with van der Waals surface area (Å²) in [5.41, 5.74) is 1.19. The highest BCUT2D eigenvalue weighted by Gasteiger charge is 2.29. The fourth-order valence-corrected chi connectivity index (χ4v) is 2.75. The molecule has 0 unspecified atom stereocenters. The summed E-state index contributed by atoms with van der Waals surface area (Å²) in [6.07, 6.45) is -1.63. The molecule has 0 aliphatic carbocycles. The van der Waals surface area contributed by atoms with Crippen molar-refractivity contribution in [3.63, 3.8) is 0 Å². The lowest BCUT2D eigenvalue weighted by atomic mass is 10.1. The molecule has 0 bridgehead atoms. The van der Waals surface area contributed by atoms with Crippen molar-refractivity contribution in [3.05, 3.63) is 71.8 Å². The Hall–Kier alpha value is -3.35. The second-order valence-electron chi connectivity index (χ2n) is 7.32. The molecule has 3 aromatic rings. The number of nitrogens with zero attached hydrogens (tertiary/aromatic N) is 1. The first kappa shape index (κ1) is 21.4. The van der Waals surface area contributed by atoms with Crippen molar-refractivity contribution in [2.75, 3.05) is 17.2 Å². The van der Waals surface area contributed by atoms with Crippen molar-refractivity contribution in [1.82, 2.24) is 4.98 Å². The second kappa shape index (κ2) is 8.98. The number of carbonyl (C=O) groups excluding carboxylic acids is 1. The largest absolute Gasteiger partial charge is 0.416 e. The highest BCUT2D eigenvalue weighted by atomic mass is 19.4. The number of nitrogens with one attached hydrogen (secondary N) is 2. The highest BCUT2D eigenvalue weighted by molar-refractivity contribution is 6.03. The lowest BCUT2D eigenvalue weighted by Crippen LogP contribution is -2.09. The van der Waals surface area contributed by atoms with Gasteiger partial charge in [0.15, 0.2) is 0 Å². The molecule has 3 rings (SSSR count). The molecule has 1 amide bonds. The molecule has 0 saturated heterocycles. The Morgan fingerprint density at radius 3 is 2.47 bits per heavy atom. The maximum atomic E-state index is 12.6. The molecule has 2 N–H and O–H groups in total. The Labute approximate surface area is 172 Å². The Morgan fingerprint density at radius 1 is 1.07 bits per heavy atom. The first-order valence-electron chi connectivity index (χ1n) is 9.52. The third kappa shape index (κ3) is 5.83. The van der Waals surface area contributed by atoms with Gasteiger partial charge in [0.1, 0.15) is 5.82 Å². The lowest BCUT2D eigenvalue weighted by molar-refractivity contribution is -0.137. The van der Waals surface area contributed by atoms with Gasteiger partial charge in [0, 0.05) is 23.7 Å². The summed E-state index contributed by atoms with van der Waals surface area (Å²) >= 11 is 0. The van der Waals surface area contributed by atoms with Gasteiger partial charge < -0.3 is 10.6 Å².